The van der Waals surface area contributed by atoms with E-state index in [9.17, 15) is 9.59 Å². The zero-order valence-electron chi connectivity index (χ0n) is 20.7. The van der Waals surface area contributed by atoms with E-state index < -0.39 is 6.04 Å². The minimum atomic E-state index is -0.523. The molecule has 0 saturated carbocycles. The molecule has 0 aliphatic carbocycles. The summed E-state index contributed by atoms with van der Waals surface area (Å²) in [6, 6.07) is 18.7. The molecule has 4 aromatic rings. The van der Waals surface area contributed by atoms with Crippen molar-refractivity contribution in [3.63, 3.8) is 0 Å². The van der Waals surface area contributed by atoms with Crippen LogP contribution in [0.1, 0.15) is 38.9 Å². The Bertz CT molecular complexity index is 1510. The minimum Gasteiger partial charge on any atom is -0.493 e. The van der Waals surface area contributed by atoms with Crippen LogP contribution in [-0.2, 0) is 6.42 Å². The highest BCUT2D eigenvalue weighted by atomic mass is 32.2. The van der Waals surface area contributed by atoms with Crippen LogP contribution in [0.4, 0.5) is 0 Å². The lowest BCUT2D eigenvalue weighted by molar-refractivity contribution is 0.0730. The number of hydrogen-bond donors (Lipinski definition) is 0. The summed E-state index contributed by atoms with van der Waals surface area (Å²) < 4.78 is 16.8. The Hall–Kier alpha value is -3.71. The van der Waals surface area contributed by atoms with Crippen molar-refractivity contribution in [1.82, 2.24) is 4.90 Å². The Morgan fingerprint density at radius 2 is 1.69 bits per heavy atom. The number of hydrogen-bond acceptors (Lipinski definition) is 6. The standard InChI is InChI=1S/C29H27NO5S/c1-17-5-11-22-21(15-17)27(31)25-26(19-7-9-20(36-4)10-8-19)30(29(32)28(25)35-22)14-13-18-6-12-23(33-2)24(16-18)34-3/h5-12,15-16,26H,13-14H2,1-4H3. The second-order valence-electron chi connectivity index (χ2n) is 8.79. The average molecular weight is 502 g/mol. The first-order valence-corrected chi connectivity index (χ1v) is 12.9. The van der Waals surface area contributed by atoms with E-state index in [4.69, 9.17) is 13.9 Å². The average Bonchev–Trinajstić information content (AvgIpc) is 3.19. The Morgan fingerprint density at radius 3 is 2.39 bits per heavy atom. The Morgan fingerprint density at radius 1 is 0.944 bits per heavy atom. The quantitative estimate of drug-likeness (QED) is 0.306. The molecule has 7 heteroatoms. The number of rotatable bonds is 7. The maximum Gasteiger partial charge on any atom is 0.290 e. The van der Waals surface area contributed by atoms with E-state index in [1.807, 2.05) is 67.8 Å². The topological polar surface area (TPSA) is 69.0 Å². The maximum atomic E-state index is 13.7. The number of amides is 1. The maximum absolute atomic E-state index is 13.7. The van der Waals surface area contributed by atoms with Crippen LogP contribution in [0, 0.1) is 6.92 Å². The lowest BCUT2D eigenvalue weighted by Crippen LogP contribution is -2.31. The highest BCUT2D eigenvalue weighted by molar-refractivity contribution is 7.98. The molecule has 0 radical (unpaired) electrons. The molecule has 1 atom stereocenters. The molecule has 6 nitrogen and oxygen atoms in total. The van der Waals surface area contributed by atoms with Gasteiger partial charge in [-0.3, -0.25) is 9.59 Å². The minimum absolute atomic E-state index is 0.127. The highest BCUT2D eigenvalue weighted by Gasteiger charge is 2.42. The zero-order valence-corrected chi connectivity index (χ0v) is 21.5. The third kappa shape index (κ3) is 4.13. The van der Waals surface area contributed by atoms with Crippen molar-refractivity contribution in [3.8, 4) is 11.5 Å². The summed E-state index contributed by atoms with van der Waals surface area (Å²) in [4.78, 5) is 30.2. The molecule has 1 unspecified atom stereocenters. The van der Waals surface area contributed by atoms with Crippen molar-refractivity contribution in [2.24, 2.45) is 0 Å². The van der Waals surface area contributed by atoms with Crippen molar-refractivity contribution >= 4 is 28.6 Å². The number of nitrogens with zero attached hydrogens (tertiary/aromatic N) is 1. The first-order chi connectivity index (χ1) is 17.4. The van der Waals surface area contributed by atoms with Crippen LogP contribution in [0.25, 0.3) is 11.0 Å². The van der Waals surface area contributed by atoms with Crippen molar-refractivity contribution in [3.05, 3.63) is 98.9 Å². The molecule has 0 fully saturated rings. The SMILES string of the molecule is COc1ccc(CCN2C(=O)c3oc4ccc(C)cc4c(=O)c3C2c2ccc(SC)cc2)cc1OC. The van der Waals surface area contributed by atoms with E-state index in [2.05, 4.69) is 0 Å². The van der Waals surface area contributed by atoms with Crippen LogP contribution in [0.3, 0.4) is 0 Å². The molecule has 2 heterocycles. The normalized spacial score (nSPS) is 14.8. The van der Waals surface area contributed by atoms with Gasteiger partial charge in [0.05, 0.1) is 31.2 Å². The van der Waals surface area contributed by atoms with Crippen LogP contribution in [0.2, 0.25) is 0 Å². The lowest BCUT2D eigenvalue weighted by Gasteiger charge is -2.25. The van der Waals surface area contributed by atoms with Gasteiger partial charge in [-0.1, -0.05) is 29.8 Å². The molecule has 3 aromatic carbocycles. The number of thioether (sulfide) groups is 1. The number of ether oxygens (including phenoxy) is 2. The predicted octanol–water partition coefficient (Wildman–Crippen LogP) is 5.63. The lowest BCUT2D eigenvalue weighted by atomic mass is 9.98. The van der Waals surface area contributed by atoms with Crippen molar-refractivity contribution in [2.75, 3.05) is 27.0 Å². The first-order valence-electron chi connectivity index (χ1n) is 11.7. The van der Waals surface area contributed by atoms with Gasteiger partial charge < -0.3 is 18.8 Å². The first kappa shape index (κ1) is 24.0. The van der Waals surface area contributed by atoms with Gasteiger partial charge in [-0.2, -0.15) is 0 Å². The number of methoxy groups -OCH3 is 2. The number of aryl methyl sites for hydroxylation is 1. The van der Waals surface area contributed by atoms with Gasteiger partial charge in [0.1, 0.15) is 5.58 Å². The Labute approximate surface area is 213 Å². The summed E-state index contributed by atoms with van der Waals surface area (Å²) in [5, 5.41) is 0.494. The second kappa shape index (κ2) is 9.74. The molecule has 36 heavy (non-hydrogen) atoms. The Kier molecular flexibility index (Phi) is 6.49. The van der Waals surface area contributed by atoms with E-state index in [1.54, 1.807) is 36.9 Å². The van der Waals surface area contributed by atoms with E-state index in [0.29, 0.717) is 41.0 Å². The number of carbonyl (C=O) groups is 1. The molecule has 1 amide bonds. The summed E-state index contributed by atoms with van der Waals surface area (Å²) >= 11 is 1.64. The zero-order chi connectivity index (χ0) is 25.4. The van der Waals surface area contributed by atoms with E-state index in [-0.39, 0.29) is 17.1 Å². The van der Waals surface area contributed by atoms with E-state index in [0.717, 1.165) is 21.6 Å². The molecule has 0 bridgehead atoms. The van der Waals surface area contributed by atoms with Crippen LogP contribution in [0.5, 0.6) is 11.5 Å². The number of carbonyl (C=O) groups excluding carboxylic acids is 1. The van der Waals surface area contributed by atoms with Crippen LogP contribution >= 0.6 is 11.8 Å². The van der Waals surface area contributed by atoms with Crippen LogP contribution in [-0.4, -0.2) is 37.8 Å². The molecule has 0 spiro atoms. The monoisotopic (exact) mass is 501 g/mol. The summed E-state index contributed by atoms with van der Waals surface area (Å²) in [6.45, 7) is 2.34. The van der Waals surface area contributed by atoms with Gasteiger partial charge in [0.2, 0.25) is 5.76 Å². The fourth-order valence-corrected chi connectivity index (χ4v) is 5.19. The van der Waals surface area contributed by atoms with Gasteiger partial charge in [-0.25, -0.2) is 0 Å². The summed E-state index contributed by atoms with van der Waals surface area (Å²) in [6.07, 6.45) is 2.59. The van der Waals surface area contributed by atoms with E-state index >= 15 is 0 Å². The summed E-state index contributed by atoms with van der Waals surface area (Å²) in [5.41, 5.74) is 3.51. The van der Waals surface area contributed by atoms with Crippen molar-refractivity contribution in [2.45, 2.75) is 24.3 Å². The summed E-state index contributed by atoms with van der Waals surface area (Å²) in [5.74, 6) is 1.13. The molecule has 0 saturated heterocycles. The van der Waals surface area contributed by atoms with Gasteiger partial charge in [-0.05, 0) is 67.1 Å². The largest absolute Gasteiger partial charge is 0.493 e. The molecular weight excluding hydrogens is 474 g/mol. The summed E-state index contributed by atoms with van der Waals surface area (Å²) in [7, 11) is 3.19. The van der Waals surface area contributed by atoms with Crippen LogP contribution in [0.15, 0.2) is 74.8 Å². The molecule has 0 N–H and O–H groups in total. The highest BCUT2D eigenvalue weighted by Crippen LogP contribution is 2.39. The molecular formula is C29H27NO5S. The fraction of sp³-hybridized carbons (Fsp3) is 0.241. The van der Waals surface area contributed by atoms with Gasteiger partial charge in [0.25, 0.3) is 5.91 Å². The van der Waals surface area contributed by atoms with Crippen molar-refractivity contribution in [1.29, 1.82) is 0 Å². The molecule has 5 rings (SSSR count). The fourth-order valence-electron chi connectivity index (χ4n) is 4.78. The second-order valence-corrected chi connectivity index (χ2v) is 9.67. The smallest absolute Gasteiger partial charge is 0.290 e. The molecule has 1 aromatic heterocycles. The third-order valence-corrected chi connectivity index (χ3v) is 7.39. The van der Waals surface area contributed by atoms with Gasteiger partial charge in [0, 0.05) is 11.4 Å². The van der Waals surface area contributed by atoms with E-state index in [1.165, 1.54) is 0 Å². The molecule has 1 aliphatic rings. The number of fused-ring (bicyclic) bond motifs is 2. The van der Waals surface area contributed by atoms with Gasteiger partial charge in [-0.15, -0.1) is 11.8 Å². The Balaban J connectivity index is 1.58. The molecule has 1 aliphatic heterocycles. The third-order valence-electron chi connectivity index (χ3n) is 6.64. The van der Waals surface area contributed by atoms with Gasteiger partial charge in [0.15, 0.2) is 16.9 Å². The predicted molar refractivity (Wildman–Crippen MR) is 142 cm³/mol. The molecule has 184 valence electrons. The van der Waals surface area contributed by atoms with Crippen LogP contribution < -0.4 is 14.9 Å². The van der Waals surface area contributed by atoms with Crippen molar-refractivity contribution < 1.29 is 18.7 Å². The van der Waals surface area contributed by atoms with Gasteiger partial charge >= 0.3 is 0 Å². The number of benzene rings is 3.